The highest BCUT2D eigenvalue weighted by Gasteiger charge is 2.19. The predicted molar refractivity (Wildman–Crippen MR) is 96.8 cm³/mol. The Labute approximate surface area is 140 Å². The molecule has 0 saturated heterocycles. The fourth-order valence-corrected chi connectivity index (χ4v) is 3.83. The van der Waals surface area contributed by atoms with Crippen molar-refractivity contribution in [2.45, 2.75) is 87.4 Å². The van der Waals surface area contributed by atoms with E-state index in [1.54, 1.807) is 0 Å². The number of aliphatic hydroxyl groups is 1. The Kier molecular flexibility index (Phi) is 11.4. The lowest BCUT2D eigenvalue weighted by molar-refractivity contribution is -0.108. The fraction of sp³-hybridized carbons (Fsp3) is 1.00. The van der Waals surface area contributed by atoms with E-state index in [0.717, 1.165) is 37.0 Å². The van der Waals surface area contributed by atoms with Crippen LogP contribution >= 0.6 is 0 Å². The molecule has 0 aromatic carbocycles. The van der Waals surface area contributed by atoms with E-state index in [1.807, 2.05) is 0 Å². The van der Waals surface area contributed by atoms with Gasteiger partial charge in [-0.15, -0.1) is 0 Å². The quantitative estimate of drug-likeness (QED) is 0.368. The average molecular weight is 315 g/mol. The molecule has 0 rings (SSSR count). The first kappa shape index (κ1) is 21.9. The average Bonchev–Trinajstić information content (AvgIpc) is 2.36. The lowest BCUT2D eigenvalue weighted by atomic mass is 9.82. The topological polar surface area (TPSA) is 29.5 Å². The molecule has 0 aliphatic rings. The molecule has 1 atom stereocenters. The molecule has 2 heteroatoms. The molecule has 0 spiro atoms. The van der Waals surface area contributed by atoms with Gasteiger partial charge in [-0.2, -0.15) is 0 Å². The highest BCUT2D eigenvalue weighted by molar-refractivity contribution is 4.68. The van der Waals surface area contributed by atoms with Gasteiger partial charge in [0.25, 0.3) is 0 Å². The minimum atomic E-state index is -0.587. The van der Waals surface area contributed by atoms with Gasteiger partial charge in [-0.25, -0.2) is 0 Å². The molecule has 134 valence electrons. The SMILES string of the molecule is CC(C)C(CCCOC(O)CCC(C(C)C)C(C)C)C(C)C. The molecule has 2 nitrogen and oxygen atoms in total. The summed E-state index contributed by atoms with van der Waals surface area (Å²) >= 11 is 0. The Morgan fingerprint density at radius 3 is 1.45 bits per heavy atom. The zero-order chi connectivity index (χ0) is 17.3. The number of aliphatic hydroxyl groups excluding tert-OH is 1. The number of hydrogen-bond acceptors (Lipinski definition) is 2. The van der Waals surface area contributed by atoms with Crippen LogP contribution in [-0.4, -0.2) is 18.0 Å². The maximum Gasteiger partial charge on any atom is 0.154 e. The van der Waals surface area contributed by atoms with E-state index < -0.39 is 6.29 Å². The Bertz CT molecular complexity index is 242. The maximum absolute atomic E-state index is 10.0. The van der Waals surface area contributed by atoms with Crippen LogP contribution in [0.3, 0.4) is 0 Å². The Balaban J connectivity index is 3.92. The van der Waals surface area contributed by atoms with Gasteiger partial charge in [0.15, 0.2) is 6.29 Å². The van der Waals surface area contributed by atoms with Crippen LogP contribution in [0.15, 0.2) is 0 Å². The van der Waals surface area contributed by atoms with Crippen LogP contribution in [-0.2, 0) is 4.74 Å². The molecular weight excluding hydrogens is 272 g/mol. The van der Waals surface area contributed by atoms with E-state index in [2.05, 4.69) is 55.4 Å². The van der Waals surface area contributed by atoms with E-state index in [9.17, 15) is 5.11 Å². The molecule has 0 aliphatic heterocycles. The normalized spacial score (nSPS) is 14.3. The molecule has 0 radical (unpaired) electrons. The Hall–Kier alpha value is -0.0800. The van der Waals surface area contributed by atoms with Gasteiger partial charge in [-0.05, 0) is 61.2 Å². The summed E-state index contributed by atoms with van der Waals surface area (Å²) in [4.78, 5) is 0. The molecule has 1 N–H and O–H groups in total. The summed E-state index contributed by atoms with van der Waals surface area (Å²) < 4.78 is 5.62. The van der Waals surface area contributed by atoms with E-state index in [0.29, 0.717) is 24.4 Å². The maximum atomic E-state index is 10.0. The van der Waals surface area contributed by atoms with Crippen molar-refractivity contribution in [2.24, 2.45) is 35.5 Å². The molecule has 0 heterocycles. The molecule has 0 bridgehead atoms. The zero-order valence-corrected chi connectivity index (χ0v) is 16.4. The third kappa shape index (κ3) is 9.15. The van der Waals surface area contributed by atoms with Crippen LogP contribution in [0.25, 0.3) is 0 Å². The first-order valence-corrected chi connectivity index (χ1v) is 9.46. The molecule has 0 aromatic rings. The molecular formula is C20H42O2. The number of ether oxygens (including phenoxy) is 1. The second-order valence-corrected chi connectivity index (χ2v) is 8.35. The van der Waals surface area contributed by atoms with Gasteiger partial charge < -0.3 is 9.84 Å². The van der Waals surface area contributed by atoms with Crippen LogP contribution in [0.1, 0.15) is 81.1 Å². The minimum absolute atomic E-state index is 0.587. The zero-order valence-electron chi connectivity index (χ0n) is 16.4. The summed E-state index contributed by atoms with van der Waals surface area (Å²) in [5.41, 5.74) is 0. The summed E-state index contributed by atoms with van der Waals surface area (Å²) in [5, 5.41) is 10.0. The summed E-state index contributed by atoms with van der Waals surface area (Å²) in [6, 6.07) is 0. The lowest BCUT2D eigenvalue weighted by Gasteiger charge is -2.26. The van der Waals surface area contributed by atoms with Gasteiger partial charge in [-0.1, -0.05) is 55.4 Å². The van der Waals surface area contributed by atoms with Crippen molar-refractivity contribution < 1.29 is 9.84 Å². The van der Waals surface area contributed by atoms with Gasteiger partial charge in [0, 0.05) is 6.61 Å². The first-order valence-electron chi connectivity index (χ1n) is 9.46. The molecule has 0 fully saturated rings. The van der Waals surface area contributed by atoms with Crippen LogP contribution in [0.2, 0.25) is 0 Å². The van der Waals surface area contributed by atoms with E-state index in [1.165, 1.54) is 6.42 Å². The van der Waals surface area contributed by atoms with Crippen molar-refractivity contribution in [3.05, 3.63) is 0 Å². The van der Waals surface area contributed by atoms with Crippen molar-refractivity contribution in [3.63, 3.8) is 0 Å². The monoisotopic (exact) mass is 314 g/mol. The highest BCUT2D eigenvalue weighted by atomic mass is 16.6. The molecule has 1 unspecified atom stereocenters. The number of rotatable bonds is 12. The second kappa shape index (κ2) is 11.5. The van der Waals surface area contributed by atoms with Crippen molar-refractivity contribution in [1.82, 2.24) is 0 Å². The summed E-state index contributed by atoms with van der Waals surface area (Å²) in [6.07, 6.45) is 3.48. The third-order valence-electron chi connectivity index (χ3n) is 5.16. The van der Waals surface area contributed by atoms with Gasteiger partial charge in [0.1, 0.15) is 0 Å². The van der Waals surface area contributed by atoms with Crippen LogP contribution < -0.4 is 0 Å². The molecule has 0 aliphatic carbocycles. The van der Waals surface area contributed by atoms with Crippen molar-refractivity contribution in [3.8, 4) is 0 Å². The standard InChI is InChI=1S/C20H42O2/c1-14(2)18(15(3)4)10-9-13-22-20(21)12-11-19(16(5)6)17(7)8/h14-21H,9-13H2,1-8H3. The van der Waals surface area contributed by atoms with Crippen LogP contribution in [0.5, 0.6) is 0 Å². The second-order valence-electron chi connectivity index (χ2n) is 8.35. The molecule has 0 aromatic heterocycles. The summed E-state index contributed by atoms with van der Waals surface area (Å²) in [6.45, 7) is 19.0. The summed E-state index contributed by atoms with van der Waals surface area (Å²) in [5.74, 6) is 4.22. The highest BCUT2D eigenvalue weighted by Crippen LogP contribution is 2.27. The smallest absolute Gasteiger partial charge is 0.154 e. The van der Waals surface area contributed by atoms with Crippen molar-refractivity contribution >= 4 is 0 Å². The predicted octanol–water partition coefficient (Wildman–Crippen LogP) is 5.74. The summed E-state index contributed by atoms with van der Waals surface area (Å²) in [7, 11) is 0. The van der Waals surface area contributed by atoms with Crippen LogP contribution in [0, 0.1) is 35.5 Å². The van der Waals surface area contributed by atoms with E-state index in [4.69, 9.17) is 4.74 Å². The van der Waals surface area contributed by atoms with E-state index in [-0.39, 0.29) is 0 Å². The first-order chi connectivity index (χ1) is 10.2. The Morgan fingerprint density at radius 1 is 0.636 bits per heavy atom. The van der Waals surface area contributed by atoms with Gasteiger partial charge in [0.2, 0.25) is 0 Å². The van der Waals surface area contributed by atoms with Crippen molar-refractivity contribution in [1.29, 1.82) is 0 Å². The fourth-order valence-electron chi connectivity index (χ4n) is 3.83. The molecule has 0 saturated carbocycles. The van der Waals surface area contributed by atoms with Crippen LogP contribution in [0.4, 0.5) is 0 Å². The molecule has 0 amide bonds. The minimum Gasteiger partial charge on any atom is -0.368 e. The Morgan fingerprint density at radius 2 is 1.05 bits per heavy atom. The van der Waals surface area contributed by atoms with Gasteiger partial charge >= 0.3 is 0 Å². The van der Waals surface area contributed by atoms with E-state index >= 15 is 0 Å². The third-order valence-corrected chi connectivity index (χ3v) is 5.16. The molecule has 22 heavy (non-hydrogen) atoms. The lowest BCUT2D eigenvalue weighted by Crippen LogP contribution is -2.21. The van der Waals surface area contributed by atoms with Gasteiger partial charge in [0.05, 0.1) is 0 Å². The van der Waals surface area contributed by atoms with Gasteiger partial charge in [-0.3, -0.25) is 0 Å². The van der Waals surface area contributed by atoms with Crippen molar-refractivity contribution in [2.75, 3.05) is 6.61 Å². The number of hydrogen-bond donors (Lipinski definition) is 1. The largest absolute Gasteiger partial charge is 0.368 e.